The van der Waals surface area contributed by atoms with Crippen LogP contribution in [0.5, 0.6) is 5.88 Å². The maximum atomic E-state index is 12.9. The third-order valence-electron chi connectivity index (χ3n) is 4.80. The first-order valence-electron chi connectivity index (χ1n) is 10.3. The van der Waals surface area contributed by atoms with Gasteiger partial charge >= 0.3 is 5.97 Å². The number of aromatic hydroxyl groups is 1. The third kappa shape index (κ3) is 5.05. The quantitative estimate of drug-likeness (QED) is 0.552. The molecule has 0 saturated carbocycles. The van der Waals surface area contributed by atoms with Crippen LogP contribution in [0.1, 0.15) is 42.5 Å². The first kappa shape index (κ1) is 23.6. The Morgan fingerprint density at radius 1 is 1.24 bits per heavy atom. The van der Waals surface area contributed by atoms with Gasteiger partial charge in [0.25, 0.3) is 5.56 Å². The van der Waals surface area contributed by atoms with Crippen LogP contribution in [-0.2, 0) is 11.3 Å². The van der Waals surface area contributed by atoms with E-state index in [-0.39, 0.29) is 28.6 Å². The minimum Gasteiger partial charge on any atom is -0.493 e. The van der Waals surface area contributed by atoms with Crippen molar-refractivity contribution in [2.45, 2.75) is 39.5 Å². The predicted octanol–water partition coefficient (Wildman–Crippen LogP) is 1.87. The fourth-order valence-corrected chi connectivity index (χ4v) is 3.26. The number of pyridine rings is 1. The molecule has 0 saturated heterocycles. The Kier molecular flexibility index (Phi) is 6.85. The van der Waals surface area contributed by atoms with E-state index in [4.69, 9.17) is 9.15 Å². The molecule has 2 heterocycles. The molecule has 2 aromatic heterocycles. The molecular weight excluding hydrogens is 424 g/mol. The topological polar surface area (TPSA) is 126 Å². The van der Waals surface area contributed by atoms with Crippen LogP contribution >= 0.6 is 0 Å². The minimum atomic E-state index is -0.917. The molecule has 3 rings (SSSR count). The number of esters is 1. The summed E-state index contributed by atoms with van der Waals surface area (Å²) in [7, 11) is 0. The lowest BCUT2D eigenvalue weighted by Gasteiger charge is -2.12. The summed E-state index contributed by atoms with van der Waals surface area (Å²) in [5, 5.41) is 29.5. The predicted molar refractivity (Wildman–Crippen MR) is 122 cm³/mol. The Bertz CT molecular complexity index is 1390. The van der Waals surface area contributed by atoms with Crippen LogP contribution in [0, 0.1) is 11.3 Å². The average molecular weight is 448 g/mol. The van der Waals surface area contributed by atoms with Crippen molar-refractivity contribution in [1.82, 2.24) is 4.57 Å². The number of aliphatic hydroxyl groups is 1. The van der Waals surface area contributed by atoms with Crippen molar-refractivity contribution in [3.63, 3.8) is 0 Å². The molecule has 0 radical (unpaired) electrons. The number of carbonyl (C=O) groups excluding carboxylic acids is 1. The molecule has 1 unspecified atom stereocenters. The van der Waals surface area contributed by atoms with Crippen molar-refractivity contribution in [3.8, 4) is 23.3 Å². The van der Waals surface area contributed by atoms with Crippen LogP contribution in [-0.4, -0.2) is 33.0 Å². The van der Waals surface area contributed by atoms with E-state index < -0.39 is 23.5 Å². The highest BCUT2D eigenvalue weighted by Crippen LogP contribution is 2.23. The minimum absolute atomic E-state index is 0.0628. The van der Waals surface area contributed by atoms with E-state index in [0.29, 0.717) is 22.6 Å². The highest BCUT2D eigenvalue weighted by atomic mass is 16.5. The zero-order valence-corrected chi connectivity index (χ0v) is 18.5. The molecule has 0 fully saturated rings. The van der Waals surface area contributed by atoms with Gasteiger partial charge in [0.1, 0.15) is 23.2 Å². The van der Waals surface area contributed by atoms with Gasteiger partial charge in [-0.05, 0) is 51.1 Å². The highest BCUT2D eigenvalue weighted by molar-refractivity contribution is 5.90. The van der Waals surface area contributed by atoms with E-state index in [1.165, 1.54) is 13.0 Å². The smallest absolute Gasteiger partial charge is 0.338 e. The Morgan fingerprint density at radius 2 is 1.91 bits per heavy atom. The van der Waals surface area contributed by atoms with Gasteiger partial charge in [-0.25, -0.2) is 4.79 Å². The Morgan fingerprint density at radius 3 is 2.48 bits per heavy atom. The molecule has 0 aliphatic rings. The van der Waals surface area contributed by atoms with Gasteiger partial charge in [-0.15, -0.1) is 0 Å². The first-order valence-corrected chi connectivity index (χ1v) is 10.3. The first-order chi connectivity index (χ1) is 15.6. The SMILES string of the molecule is C=c1c(C#N)c(O)n(CC(C)O)c(=O)/c1=C/c1ccc(-c2ccc(C(=O)OC(C)C)cc2)o1. The maximum absolute atomic E-state index is 12.9. The summed E-state index contributed by atoms with van der Waals surface area (Å²) in [6.45, 7) is 8.60. The van der Waals surface area contributed by atoms with Gasteiger partial charge in [0, 0.05) is 10.8 Å². The van der Waals surface area contributed by atoms with Crippen LogP contribution in [0.15, 0.2) is 45.6 Å². The van der Waals surface area contributed by atoms with E-state index in [2.05, 4.69) is 6.58 Å². The molecule has 8 heteroatoms. The number of hydrogen-bond donors (Lipinski definition) is 2. The maximum Gasteiger partial charge on any atom is 0.338 e. The van der Waals surface area contributed by atoms with Gasteiger partial charge in [0.15, 0.2) is 0 Å². The fourth-order valence-electron chi connectivity index (χ4n) is 3.26. The molecule has 0 spiro atoms. The number of rotatable bonds is 6. The summed E-state index contributed by atoms with van der Waals surface area (Å²) in [6.07, 6.45) is 0.297. The lowest BCUT2D eigenvalue weighted by atomic mass is 10.1. The number of benzene rings is 1. The highest BCUT2D eigenvalue weighted by Gasteiger charge is 2.15. The van der Waals surface area contributed by atoms with Crippen LogP contribution in [0.25, 0.3) is 24.0 Å². The van der Waals surface area contributed by atoms with E-state index in [0.717, 1.165) is 4.57 Å². The standard InChI is InChI=1S/C25H24N2O6/c1-14(2)32-25(31)18-7-5-17(6-8-18)22-10-9-19(33-22)11-20-16(4)21(12-26)24(30)27(23(20)29)13-15(3)28/h5-11,14-15,28,30H,4,13H2,1-3H3/b20-11+. The van der Waals surface area contributed by atoms with Gasteiger partial charge in [-0.2, -0.15) is 5.26 Å². The summed E-state index contributed by atoms with van der Waals surface area (Å²) in [5.74, 6) is -0.128. The molecule has 0 aliphatic carbocycles. The van der Waals surface area contributed by atoms with Gasteiger partial charge in [0.2, 0.25) is 5.88 Å². The second-order valence-electron chi connectivity index (χ2n) is 7.85. The van der Waals surface area contributed by atoms with E-state index in [9.17, 15) is 25.1 Å². The lowest BCUT2D eigenvalue weighted by Crippen LogP contribution is -2.46. The number of aliphatic hydroxyl groups excluding tert-OH is 1. The van der Waals surface area contributed by atoms with Crippen molar-refractivity contribution in [2.24, 2.45) is 0 Å². The van der Waals surface area contributed by atoms with Crippen LogP contribution in [0.3, 0.4) is 0 Å². The zero-order chi connectivity index (χ0) is 24.3. The number of ether oxygens (including phenoxy) is 1. The van der Waals surface area contributed by atoms with Gasteiger partial charge in [-0.3, -0.25) is 9.36 Å². The second-order valence-corrected chi connectivity index (χ2v) is 7.85. The van der Waals surface area contributed by atoms with Crippen LogP contribution < -0.4 is 16.0 Å². The molecule has 0 bridgehead atoms. The van der Waals surface area contributed by atoms with Crippen molar-refractivity contribution in [1.29, 1.82) is 5.26 Å². The van der Waals surface area contributed by atoms with Crippen molar-refractivity contribution >= 4 is 18.6 Å². The van der Waals surface area contributed by atoms with Crippen LogP contribution in [0.4, 0.5) is 0 Å². The fraction of sp³-hybridized carbons (Fsp3) is 0.240. The normalized spacial score (nSPS) is 12.5. The Balaban J connectivity index is 2.02. The largest absolute Gasteiger partial charge is 0.493 e. The molecule has 33 heavy (non-hydrogen) atoms. The van der Waals surface area contributed by atoms with Gasteiger partial charge < -0.3 is 19.4 Å². The summed E-state index contributed by atoms with van der Waals surface area (Å²) >= 11 is 0. The third-order valence-corrected chi connectivity index (χ3v) is 4.80. The summed E-state index contributed by atoms with van der Waals surface area (Å²) < 4.78 is 11.9. The molecule has 170 valence electrons. The molecule has 1 aromatic carbocycles. The molecular formula is C25H24N2O6. The molecule has 1 atom stereocenters. The van der Waals surface area contributed by atoms with Crippen molar-refractivity contribution in [3.05, 3.63) is 74.1 Å². The zero-order valence-electron chi connectivity index (χ0n) is 18.5. The Labute approximate surface area is 189 Å². The van der Waals surface area contributed by atoms with E-state index in [1.54, 1.807) is 50.2 Å². The molecule has 8 nitrogen and oxygen atoms in total. The number of furan rings is 1. The second kappa shape index (κ2) is 9.59. The number of carbonyl (C=O) groups is 1. The number of aromatic nitrogens is 1. The molecule has 0 aliphatic heterocycles. The van der Waals surface area contributed by atoms with Crippen LogP contribution in [0.2, 0.25) is 0 Å². The lowest BCUT2D eigenvalue weighted by molar-refractivity contribution is 0.0378. The van der Waals surface area contributed by atoms with Crippen molar-refractivity contribution in [2.75, 3.05) is 0 Å². The average Bonchev–Trinajstić information content (AvgIpc) is 3.23. The molecule has 3 aromatic rings. The molecule has 2 N–H and O–H groups in total. The summed E-state index contributed by atoms with van der Waals surface area (Å²) in [4.78, 5) is 24.9. The van der Waals surface area contributed by atoms with Gasteiger partial charge in [0.05, 0.1) is 29.5 Å². The van der Waals surface area contributed by atoms with E-state index >= 15 is 0 Å². The van der Waals surface area contributed by atoms with Gasteiger partial charge in [-0.1, -0.05) is 18.7 Å². The Hall–Kier alpha value is -4.09. The number of hydrogen-bond acceptors (Lipinski definition) is 7. The van der Waals surface area contributed by atoms with Crippen molar-refractivity contribution < 1.29 is 24.2 Å². The monoisotopic (exact) mass is 448 g/mol. The number of nitriles is 1. The number of nitrogens with zero attached hydrogens (tertiary/aromatic N) is 2. The molecule has 0 amide bonds. The summed E-state index contributed by atoms with van der Waals surface area (Å²) in [5.41, 5.74) is 0.361. The van der Waals surface area contributed by atoms with E-state index in [1.807, 2.05) is 6.07 Å². The summed E-state index contributed by atoms with van der Waals surface area (Å²) in [6, 6.07) is 11.9.